The van der Waals surface area contributed by atoms with E-state index in [2.05, 4.69) is 4.90 Å². The molecule has 1 saturated heterocycles. The maximum absolute atomic E-state index is 8.83. The molecule has 13 heavy (non-hydrogen) atoms. The average Bonchev–Trinajstić information content (AvgIpc) is 2.14. The van der Waals surface area contributed by atoms with Gasteiger partial charge in [-0.2, -0.15) is 0 Å². The maximum Gasteiger partial charge on any atom is 0.151 e. The van der Waals surface area contributed by atoms with Gasteiger partial charge in [0.15, 0.2) is 6.29 Å². The van der Waals surface area contributed by atoms with Gasteiger partial charge in [0.2, 0.25) is 0 Å². The number of nitrogens with zero attached hydrogens (tertiary/aromatic N) is 1. The second-order valence-corrected chi connectivity index (χ2v) is 3.28. The first-order chi connectivity index (χ1) is 6.29. The van der Waals surface area contributed by atoms with Gasteiger partial charge in [0.1, 0.15) is 0 Å². The Bertz CT molecular complexity index is 124. The van der Waals surface area contributed by atoms with Crippen molar-refractivity contribution in [1.29, 1.82) is 0 Å². The molecular formula is C9H19NO3. The number of aliphatic hydroxyl groups excluding tert-OH is 1. The standard InChI is InChI=1S/C9H19NO3/c1-9(11)13-6-2-3-10-4-7-12-8-5-10/h9,11H,2-8H2,1H3. The van der Waals surface area contributed by atoms with Gasteiger partial charge in [-0.05, 0) is 13.3 Å². The lowest BCUT2D eigenvalue weighted by Crippen LogP contribution is -2.37. The van der Waals surface area contributed by atoms with Crippen LogP contribution in [-0.2, 0) is 9.47 Å². The van der Waals surface area contributed by atoms with Crippen LogP contribution in [0.1, 0.15) is 13.3 Å². The molecule has 0 saturated carbocycles. The van der Waals surface area contributed by atoms with Crippen LogP contribution in [-0.4, -0.2) is 55.8 Å². The van der Waals surface area contributed by atoms with Gasteiger partial charge >= 0.3 is 0 Å². The molecule has 0 aliphatic carbocycles. The summed E-state index contributed by atoms with van der Waals surface area (Å²) in [6.07, 6.45) is 0.343. The van der Waals surface area contributed by atoms with Crippen LogP contribution in [0, 0.1) is 0 Å². The highest BCUT2D eigenvalue weighted by atomic mass is 16.6. The predicted molar refractivity (Wildman–Crippen MR) is 49.5 cm³/mol. The molecule has 1 rings (SSSR count). The number of hydrogen-bond donors (Lipinski definition) is 1. The molecule has 1 aliphatic rings. The zero-order chi connectivity index (χ0) is 9.52. The lowest BCUT2D eigenvalue weighted by Gasteiger charge is -2.26. The molecule has 0 amide bonds. The highest BCUT2D eigenvalue weighted by molar-refractivity contribution is 4.61. The fourth-order valence-electron chi connectivity index (χ4n) is 1.37. The second-order valence-electron chi connectivity index (χ2n) is 3.28. The van der Waals surface area contributed by atoms with Gasteiger partial charge in [-0.3, -0.25) is 4.90 Å². The summed E-state index contributed by atoms with van der Waals surface area (Å²) in [5.41, 5.74) is 0. The Hall–Kier alpha value is -0.160. The van der Waals surface area contributed by atoms with E-state index in [-0.39, 0.29) is 0 Å². The van der Waals surface area contributed by atoms with Gasteiger partial charge in [-0.15, -0.1) is 0 Å². The molecule has 0 bridgehead atoms. The first-order valence-corrected chi connectivity index (χ1v) is 4.89. The lowest BCUT2D eigenvalue weighted by atomic mass is 10.3. The third-order valence-electron chi connectivity index (χ3n) is 2.08. The van der Waals surface area contributed by atoms with E-state index in [1.165, 1.54) is 0 Å². The van der Waals surface area contributed by atoms with Crippen molar-refractivity contribution in [3.8, 4) is 0 Å². The quantitative estimate of drug-likeness (QED) is 0.490. The van der Waals surface area contributed by atoms with E-state index in [1.54, 1.807) is 6.92 Å². The summed E-state index contributed by atoms with van der Waals surface area (Å²) >= 11 is 0. The summed E-state index contributed by atoms with van der Waals surface area (Å²) in [5, 5.41) is 8.83. The molecule has 1 atom stereocenters. The third kappa shape index (κ3) is 5.21. The van der Waals surface area contributed by atoms with Gasteiger partial charge in [0.25, 0.3) is 0 Å². The summed E-state index contributed by atoms with van der Waals surface area (Å²) in [7, 11) is 0. The Morgan fingerprint density at radius 1 is 1.46 bits per heavy atom. The van der Waals surface area contributed by atoms with E-state index in [4.69, 9.17) is 14.6 Å². The summed E-state index contributed by atoms with van der Waals surface area (Å²) in [5.74, 6) is 0. The maximum atomic E-state index is 8.83. The van der Waals surface area contributed by atoms with E-state index < -0.39 is 6.29 Å². The van der Waals surface area contributed by atoms with Crippen molar-refractivity contribution < 1.29 is 14.6 Å². The number of morpholine rings is 1. The summed E-state index contributed by atoms with van der Waals surface area (Å²) in [6.45, 7) is 7.04. The highest BCUT2D eigenvalue weighted by Crippen LogP contribution is 1.98. The topological polar surface area (TPSA) is 41.9 Å². The Morgan fingerprint density at radius 3 is 2.77 bits per heavy atom. The molecule has 0 spiro atoms. The normalized spacial score (nSPS) is 21.7. The number of hydrogen-bond acceptors (Lipinski definition) is 4. The van der Waals surface area contributed by atoms with Crippen molar-refractivity contribution in [2.45, 2.75) is 19.6 Å². The molecule has 0 aromatic heterocycles. The van der Waals surface area contributed by atoms with Crippen molar-refractivity contribution in [3.63, 3.8) is 0 Å². The molecule has 0 aromatic carbocycles. The van der Waals surface area contributed by atoms with Gasteiger partial charge in [0.05, 0.1) is 19.8 Å². The molecule has 1 heterocycles. The molecule has 0 radical (unpaired) electrons. The zero-order valence-electron chi connectivity index (χ0n) is 8.24. The van der Waals surface area contributed by atoms with Crippen LogP contribution in [0.3, 0.4) is 0 Å². The number of ether oxygens (including phenoxy) is 2. The Kier molecular flexibility index (Phi) is 5.31. The Morgan fingerprint density at radius 2 is 2.15 bits per heavy atom. The van der Waals surface area contributed by atoms with Gasteiger partial charge < -0.3 is 14.6 Å². The molecule has 4 heteroatoms. The van der Waals surface area contributed by atoms with Crippen LogP contribution in [0.15, 0.2) is 0 Å². The monoisotopic (exact) mass is 189 g/mol. The Labute approximate surface area is 79.4 Å². The molecule has 1 N–H and O–H groups in total. The minimum Gasteiger partial charge on any atom is -0.379 e. The molecule has 1 aliphatic heterocycles. The fraction of sp³-hybridized carbons (Fsp3) is 1.00. The van der Waals surface area contributed by atoms with Gasteiger partial charge in [-0.1, -0.05) is 0 Å². The van der Waals surface area contributed by atoms with Crippen molar-refractivity contribution in [3.05, 3.63) is 0 Å². The summed E-state index contributed by atoms with van der Waals surface area (Å²) < 4.78 is 10.3. The van der Waals surface area contributed by atoms with Crippen LogP contribution in [0.2, 0.25) is 0 Å². The smallest absolute Gasteiger partial charge is 0.151 e. The third-order valence-corrected chi connectivity index (χ3v) is 2.08. The fourth-order valence-corrected chi connectivity index (χ4v) is 1.37. The van der Waals surface area contributed by atoms with Crippen molar-refractivity contribution in [1.82, 2.24) is 4.90 Å². The van der Waals surface area contributed by atoms with Crippen LogP contribution in [0.5, 0.6) is 0 Å². The molecule has 4 nitrogen and oxygen atoms in total. The highest BCUT2D eigenvalue weighted by Gasteiger charge is 2.09. The molecule has 0 aromatic rings. The van der Waals surface area contributed by atoms with Crippen LogP contribution in [0.25, 0.3) is 0 Å². The second kappa shape index (κ2) is 6.32. The van der Waals surface area contributed by atoms with Gasteiger partial charge in [-0.25, -0.2) is 0 Å². The summed E-state index contributed by atoms with van der Waals surface area (Å²) in [4.78, 5) is 2.36. The molecule has 78 valence electrons. The number of rotatable bonds is 5. The van der Waals surface area contributed by atoms with Crippen molar-refractivity contribution >= 4 is 0 Å². The first kappa shape index (κ1) is 10.9. The van der Waals surface area contributed by atoms with Crippen LogP contribution >= 0.6 is 0 Å². The average molecular weight is 189 g/mol. The van der Waals surface area contributed by atoms with Crippen LogP contribution in [0.4, 0.5) is 0 Å². The van der Waals surface area contributed by atoms with E-state index >= 15 is 0 Å². The first-order valence-electron chi connectivity index (χ1n) is 4.89. The largest absolute Gasteiger partial charge is 0.379 e. The minimum absolute atomic E-state index is 0.634. The lowest BCUT2D eigenvalue weighted by molar-refractivity contribution is -0.0876. The Balaban J connectivity index is 1.92. The predicted octanol–water partition coefficient (Wildman–Crippen LogP) is 0.0636. The van der Waals surface area contributed by atoms with Crippen LogP contribution < -0.4 is 0 Å². The SMILES string of the molecule is CC(O)OCCCN1CCOCC1. The van der Waals surface area contributed by atoms with Crippen molar-refractivity contribution in [2.75, 3.05) is 39.5 Å². The van der Waals surface area contributed by atoms with E-state index in [0.29, 0.717) is 6.61 Å². The molecular weight excluding hydrogens is 170 g/mol. The minimum atomic E-state index is -0.635. The molecule has 1 fully saturated rings. The van der Waals surface area contributed by atoms with E-state index in [9.17, 15) is 0 Å². The van der Waals surface area contributed by atoms with Crippen molar-refractivity contribution in [2.24, 2.45) is 0 Å². The number of aliphatic hydroxyl groups is 1. The van der Waals surface area contributed by atoms with E-state index in [0.717, 1.165) is 39.3 Å². The zero-order valence-corrected chi connectivity index (χ0v) is 8.24. The molecule has 1 unspecified atom stereocenters. The summed E-state index contributed by atoms with van der Waals surface area (Å²) in [6, 6.07) is 0. The van der Waals surface area contributed by atoms with E-state index in [1.807, 2.05) is 0 Å². The van der Waals surface area contributed by atoms with Gasteiger partial charge in [0, 0.05) is 19.6 Å².